The lowest BCUT2D eigenvalue weighted by molar-refractivity contribution is -0.116. The molecule has 0 saturated carbocycles. The smallest absolute Gasteiger partial charge is 0.263 e. The third kappa shape index (κ3) is 3.14. The van der Waals surface area contributed by atoms with Crippen LogP contribution in [0.3, 0.4) is 0 Å². The van der Waals surface area contributed by atoms with Crippen molar-refractivity contribution in [2.24, 2.45) is 0 Å². The molecule has 2 rings (SSSR count). The summed E-state index contributed by atoms with van der Waals surface area (Å²) in [6.45, 7) is 1.44. The molecule has 0 spiro atoms. The molecule has 0 aliphatic heterocycles. The van der Waals surface area contributed by atoms with E-state index in [1.807, 2.05) is 0 Å². The average molecular weight is 311 g/mol. The quantitative estimate of drug-likeness (QED) is 0.935. The van der Waals surface area contributed by atoms with Crippen LogP contribution in [0.15, 0.2) is 40.7 Å². The first kappa shape index (κ1) is 14.5. The molecule has 1 N–H and O–H groups in total. The molecule has 8 heteroatoms. The Hall–Kier alpha value is -1.93. The molecule has 106 valence electrons. The Balaban J connectivity index is 2.23. The van der Waals surface area contributed by atoms with Gasteiger partial charge in [0.25, 0.3) is 10.0 Å². The topological polar surface area (TPSA) is 79.4 Å². The van der Waals surface area contributed by atoms with Crippen molar-refractivity contribution in [3.05, 3.63) is 35.8 Å². The van der Waals surface area contributed by atoms with E-state index >= 15 is 0 Å². The molecule has 1 aromatic heterocycles. The number of hydrogen-bond donors (Lipinski definition) is 1. The fraction of sp³-hybridized carbons (Fsp3) is 0.167. The van der Waals surface area contributed by atoms with Gasteiger partial charge in [-0.05, 0) is 24.3 Å². The van der Waals surface area contributed by atoms with Crippen molar-refractivity contribution in [3.63, 3.8) is 0 Å². The summed E-state index contributed by atoms with van der Waals surface area (Å²) in [7, 11) is -2.03. The van der Waals surface area contributed by atoms with Crippen LogP contribution in [0.2, 0.25) is 0 Å². The van der Waals surface area contributed by atoms with Gasteiger partial charge in [0.1, 0.15) is 0 Å². The summed E-state index contributed by atoms with van der Waals surface area (Å²) in [5.74, 6) is -0.124. The SMILES string of the molecule is CC(=O)N(C)c1ccc(S(=O)(=O)Nc2nccs2)cc1. The van der Waals surface area contributed by atoms with Crippen molar-refractivity contribution in [3.8, 4) is 0 Å². The molecule has 0 saturated heterocycles. The lowest BCUT2D eigenvalue weighted by Gasteiger charge is -2.15. The number of carbonyl (C=O) groups is 1. The highest BCUT2D eigenvalue weighted by molar-refractivity contribution is 7.93. The number of benzene rings is 1. The molecule has 0 radical (unpaired) electrons. The Morgan fingerprint density at radius 1 is 1.30 bits per heavy atom. The highest BCUT2D eigenvalue weighted by Crippen LogP contribution is 2.20. The minimum Gasteiger partial charge on any atom is -0.316 e. The third-order valence-electron chi connectivity index (χ3n) is 2.66. The van der Waals surface area contributed by atoms with Gasteiger partial charge in [-0.1, -0.05) is 0 Å². The Labute approximate surface area is 121 Å². The monoisotopic (exact) mass is 311 g/mol. The molecule has 2 aromatic rings. The summed E-state index contributed by atoms with van der Waals surface area (Å²) in [5.41, 5.74) is 0.630. The minimum absolute atomic E-state index is 0.119. The van der Waals surface area contributed by atoms with Crippen molar-refractivity contribution in [1.82, 2.24) is 4.98 Å². The van der Waals surface area contributed by atoms with E-state index in [4.69, 9.17) is 0 Å². The van der Waals surface area contributed by atoms with E-state index in [1.165, 1.54) is 41.5 Å². The number of anilines is 2. The normalized spacial score (nSPS) is 11.1. The number of nitrogens with zero attached hydrogens (tertiary/aromatic N) is 2. The van der Waals surface area contributed by atoms with Crippen LogP contribution in [-0.4, -0.2) is 26.4 Å². The first-order chi connectivity index (χ1) is 9.40. The molecule has 0 bridgehead atoms. The Morgan fingerprint density at radius 2 is 1.95 bits per heavy atom. The number of amides is 1. The molecule has 0 atom stereocenters. The van der Waals surface area contributed by atoms with Crippen LogP contribution in [-0.2, 0) is 14.8 Å². The highest BCUT2D eigenvalue weighted by atomic mass is 32.2. The van der Waals surface area contributed by atoms with Crippen LogP contribution in [0.4, 0.5) is 10.8 Å². The third-order valence-corrected chi connectivity index (χ3v) is 4.83. The van der Waals surface area contributed by atoms with Crippen LogP contribution >= 0.6 is 11.3 Å². The number of carbonyl (C=O) groups excluding carboxylic acids is 1. The number of rotatable bonds is 4. The van der Waals surface area contributed by atoms with Gasteiger partial charge in [-0.15, -0.1) is 11.3 Å². The van der Waals surface area contributed by atoms with E-state index in [2.05, 4.69) is 9.71 Å². The first-order valence-electron chi connectivity index (χ1n) is 5.67. The summed E-state index contributed by atoms with van der Waals surface area (Å²) >= 11 is 1.20. The highest BCUT2D eigenvalue weighted by Gasteiger charge is 2.16. The molecule has 0 fully saturated rings. The maximum absolute atomic E-state index is 12.1. The Kier molecular flexibility index (Phi) is 4.05. The molecular weight excluding hydrogens is 298 g/mol. The number of hydrogen-bond acceptors (Lipinski definition) is 5. The van der Waals surface area contributed by atoms with Crippen LogP contribution in [0, 0.1) is 0 Å². The lowest BCUT2D eigenvalue weighted by Crippen LogP contribution is -2.22. The van der Waals surface area contributed by atoms with Crippen LogP contribution in [0.5, 0.6) is 0 Å². The largest absolute Gasteiger partial charge is 0.316 e. The summed E-state index contributed by atoms with van der Waals surface area (Å²) in [6.07, 6.45) is 1.52. The zero-order chi connectivity index (χ0) is 14.8. The summed E-state index contributed by atoms with van der Waals surface area (Å²) in [4.78, 5) is 16.7. The maximum atomic E-state index is 12.1. The number of sulfonamides is 1. The van der Waals surface area contributed by atoms with Crippen molar-refractivity contribution in [2.75, 3.05) is 16.7 Å². The van der Waals surface area contributed by atoms with Crippen molar-refractivity contribution >= 4 is 38.1 Å². The van der Waals surface area contributed by atoms with E-state index in [9.17, 15) is 13.2 Å². The van der Waals surface area contributed by atoms with Gasteiger partial charge in [0.05, 0.1) is 4.90 Å². The maximum Gasteiger partial charge on any atom is 0.263 e. The molecule has 0 unspecified atom stereocenters. The molecule has 1 amide bonds. The molecule has 1 aromatic carbocycles. The van der Waals surface area contributed by atoms with Gasteiger partial charge >= 0.3 is 0 Å². The van der Waals surface area contributed by atoms with Gasteiger partial charge < -0.3 is 4.90 Å². The van der Waals surface area contributed by atoms with Crippen molar-refractivity contribution < 1.29 is 13.2 Å². The van der Waals surface area contributed by atoms with E-state index < -0.39 is 10.0 Å². The zero-order valence-corrected chi connectivity index (χ0v) is 12.5. The van der Waals surface area contributed by atoms with Crippen molar-refractivity contribution in [2.45, 2.75) is 11.8 Å². The van der Waals surface area contributed by atoms with Gasteiger partial charge in [-0.25, -0.2) is 13.4 Å². The summed E-state index contributed by atoms with van der Waals surface area (Å²) in [5, 5.41) is 2.00. The molecule has 1 heterocycles. The molecule has 20 heavy (non-hydrogen) atoms. The first-order valence-corrected chi connectivity index (χ1v) is 8.03. The van der Waals surface area contributed by atoms with E-state index in [1.54, 1.807) is 24.6 Å². The molecule has 6 nitrogen and oxygen atoms in total. The zero-order valence-electron chi connectivity index (χ0n) is 10.9. The predicted molar refractivity (Wildman–Crippen MR) is 78.4 cm³/mol. The molecular formula is C12H13N3O3S2. The minimum atomic E-state index is -3.65. The van der Waals surface area contributed by atoms with Crippen molar-refractivity contribution in [1.29, 1.82) is 0 Å². The van der Waals surface area contributed by atoms with Gasteiger partial charge in [0.2, 0.25) is 5.91 Å². The number of aromatic nitrogens is 1. The Morgan fingerprint density at radius 3 is 2.45 bits per heavy atom. The molecule has 0 aliphatic carbocycles. The van der Waals surface area contributed by atoms with E-state index in [0.29, 0.717) is 10.8 Å². The van der Waals surface area contributed by atoms with Gasteiger partial charge in [-0.3, -0.25) is 9.52 Å². The lowest BCUT2D eigenvalue weighted by atomic mass is 10.3. The number of thiazole rings is 1. The Bertz CT molecular complexity index is 694. The number of nitrogens with one attached hydrogen (secondary N) is 1. The van der Waals surface area contributed by atoms with Crippen LogP contribution in [0.25, 0.3) is 0 Å². The second-order valence-corrected chi connectivity index (χ2v) is 6.59. The summed E-state index contributed by atoms with van der Waals surface area (Å²) < 4.78 is 26.6. The second kappa shape index (κ2) is 5.59. The fourth-order valence-corrected chi connectivity index (χ4v) is 3.27. The van der Waals surface area contributed by atoms with E-state index in [0.717, 1.165) is 0 Å². The van der Waals surface area contributed by atoms with Gasteiger partial charge in [0, 0.05) is 31.2 Å². The molecule has 0 aliphatic rings. The van der Waals surface area contributed by atoms with Gasteiger partial charge in [0.15, 0.2) is 5.13 Å². The van der Waals surface area contributed by atoms with Crippen LogP contribution < -0.4 is 9.62 Å². The van der Waals surface area contributed by atoms with Gasteiger partial charge in [-0.2, -0.15) is 0 Å². The average Bonchev–Trinajstić information content (AvgIpc) is 2.90. The second-order valence-electron chi connectivity index (χ2n) is 4.01. The predicted octanol–water partition coefficient (Wildman–Crippen LogP) is 1.93. The fourth-order valence-electron chi connectivity index (χ4n) is 1.48. The standard InChI is InChI=1S/C12H13N3O3S2/c1-9(16)15(2)10-3-5-11(6-4-10)20(17,18)14-12-13-7-8-19-12/h3-8H,1-2H3,(H,13,14). The summed E-state index contributed by atoms with van der Waals surface area (Å²) in [6, 6.07) is 6.06. The van der Waals surface area contributed by atoms with Crippen LogP contribution in [0.1, 0.15) is 6.92 Å². The van der Waals surface area contributed by atoms with E-state index in [-0.39, 0.29) is 10.8 Å².